The molecule has 3 heterocycles. The lowest BCUT2D eigenvalue weighted by molar-refractivity contribution is -0.239. The Balaban J connectivity index is 1.19. The number of hydrogen-bond donors (Lipinski definition) is 4. The summed E-state index contributed by atoms with van der Waals surface area (Å²) < 4.78 is 53.7. The first-order valence-corrected chi connectivity index (χ1v) is 27.6. The highest BCUT2D eigenvalue weighted by molar-refractivity contribution is 7.44. The van der Waals surface area contributed by atoms with E-state index >= 15 is 0 Å². The van der Waals surface area contributed by atoms with Crippen molar-refractivity contribution in [2.24, 2.45) is 26.6 Å². The molecule has 0 aromatic carbocycles. The molecular formula is C49H82N15O12P. The molecule has 2 bridgehead atoms. The Kier molecular flexibility index (Phi) is 26.6. The number of rotatable bonds is 43. The normalized spacial score (nSPS) is 17.3. The van der Waals surface area contributed by atoms with E-state index in [1.165, 1.54) is 0 Å². The Bertz CT molecular complexity index is 2090. The smallest absolute Gasteiger partial charge is 0.259 e. The molecule has 3 fully saturated rings. The van der Waals surface area contributed by atoms with Gasteiger partial charge >= 0.3 is 0 Å². The van der Waals surface area contributed by atoms with Crippen molar-refractivity contribution in [2.75, 3.05) is 85.7 Å². The van der Waals surface area contributed by atoms with Gasteiger partial charge in [0, 0.05) is 77.7 Å². The van der Waals surface area contributed by atoms with Crippen molar-refractivity contribution in [1.29, 1.82) is 5.26 Å². The number of ether oxygens (including phenoxy) is 6. The van der Waals surface area contributed by atoms with Gasteiger partial charge in [0.15, 0.2) is 0 Å². The van der Waals surface area contributed by atoms with Gasteiger partial charge in [-0.2, -0.15) is 5.26 Å². The minimum Gasteiger partial charge on any atom is -0.377 e. The van der Waals surface area contributed by atoms with E-state index in [0.29, 0.717) is 95.8 Å². The third kappa shape index (κ3) is 21.9. The predicted octanol–water partition coefficient (Wildman–Crippen LogP) is 1.83. The lowest BCUT2D eigenvalue weighted by Gasteiger charge is -2.69. The lowest BCUT2D eigenvalue weighted by Crippen LogP contribution is -2.74. The van der Waals surface area contributed by atoms with Crippen molar-refractivity contribution in [3.63, 3.8) is 0 Å². The van der Waals surface area contributed by atoms with E-state index in [2.05, 4.69) is 90.6 Å². The number of carbonyl (C=O) groups excluding carboxylic acids is 4. The van der Waals surface area contributed by atoms with Crippen LogP contribution in [0.1, 0.15) is 109 Å². The Morgan fingerprint density at radius 1 is 0.623 bits per heavy atom. The summed E-state index contributed by atoms with van der Waals surface area (Å²) in [7, 11) is 3.81. The van der Waals surface area contributed by atoms with Crippen LogP contribution in [0.4, 0.5) is 0 Å². The van der Waals surface area contributed by atoms with E-state index in [0.717, 1.165) is 0 Å². The monoisotopic (exact) mass is 1100 g/mol. The molecule has 3 aliphatic carbocycles. The van der Waals surface area contributed by atoms with Crippen LogP contribution in [0.15, 0.2) is 18.6 Å². The van der Waals surface area contributed by atoms with E-state index in [9.17, 15) is 24.4 Å². The van der Waals surface area contributed by atoms with Crippen molar-refractivity contribution < 1.29 is 56.6 Å². The van der Waals surface area contributed by atoms with E-state index in [-0.39, 0.29) is 127 Å². The fourth-order valence-electron chi connectivity index (χ4n) is 9.10. The summed E-state index contributed by atoms with van der Waals surface area (Å²) in [5.74, 6) is -1.06. The van der Waals surface area contributed by atoms with Crippen LogP contribution in [-0.2, 0) is 97.6 Å². The largest absolute Gasteiger partial charge is 0.377 e. The molecule has 1 unspecified atom stereocenters. The standard InChI is InChI=1S/C49H82N15O12P/c1-38(2)64(39(3)4)77(75-19-8-15-50)76-49-35-47(36-49,37-49)46(68)54-48(12-9-43(65)51-16-20-69-23-26-72-32-40-29-61(5)58-55-40,13-10-44(66)52-17-21-70-24-27-73-33-41-30-62(6)59-56-41)14-11-45(67)53-18-22-71-25-28-74-34-42-31-63(7)60-57-42/h29-31,38-39H,8-14,16-28,32-37H2,1-7H3,(H,51,65)(H,52,66)(H,53,67)(H,54,68). The van der Waals surface area contributed by atoms with Gasteiger partial charge < -0.3 is 58.7 Å². The first kappa shape index (κ1) is 62.7. The number of carbonyl (C=O) groups is 4. The van der Waals surface area contributed by atoms with Crippen molar-refractivity contribution in [3.8, 4) is 6.07 Å². The number of aromatic nitrogens is 9. The number of hydrogen-bond acceptors (Lipinski definition) is 20. The predicted molar refractivity (Wildman–Crippen MR) is 277 cm³/mol. The molecule has 4 N–H and O–H groups in total. The number of nitriles is 1. The molecule has 0 saturated heterocycles. The van der Waals surface area contributed by atoms with Crippen LogP contribution in [0.2, 0.25) is 0 Å². The number of aryl methyl sites for hydroxylation is 3. The zero-order valence-electron chi connectivity index (χ0n) is 46.0. The first-order chi connectivity index (χ1) is 37.0. The molecule has 0 spiro atoms. The van der Waals surface area contributed by atoms with Gasteiger partial charge in [0.25, 0.3) is 8.53 Å². The van der Waals surface area contributed by atoms with E-state index < -0.39 is 25.1 Å². The summed E-state index contributed by atoms with van der Waals surface area (Å²) in [5, 5.41) is 44.9. The second kappa shape index (κ2) is 32.7. The highest BCUT2D eigenvalue weighted by atomic mass is 31.2. The van der Waals surface area contributed by atoms with Crippen molar-refractivity contribution >= 4 is 32.2 Å². The number of nitrogens with one attached hydrogen (secondary N) is 4. The third-order valence-corrected chi connectivity index (χ3v) is 15.0. The summed E-state index contributed by atoms with van der Waals surface area (Å²) in [6.45, 7) is 12.8. The molecule has 27 nitrogen and oxygen atoms in total. The average molecular weight is 1100 g/mol. The van der Waals surface area contributed by atoms with E-state index in [4.69, 9.17) is 37.5 Å². The topological polar surface area (TPSA) is 309 Å². The van der Waals surface area contributed by atoms with Crippen molar-refractivity contribution in [1.82, 2.24) is 70.9 Å². The zero-order chi connectivity index (χ0) is 55.5. The van der Waals surface area contributed by atoms with Crippen LogP contribution in [-0.4, -0.2) is 182 Å². The average Bonchev–Trinajstić information content (AvgIpc) is 4.27. The second-order valence-electron chi connectivity index (χ2n) is 20.1. The molecule has 3 aliphatic rings. The molecule has 28 heteroatoms. The summed E-state index contributed by atoms with van der Waals surface area (Å²) in [6, 6.07) is 2.35. The van der Waals surface area contributed by atoms with Crippen molar-refractivity contribution in [3.05, 3.63) is 35.7 Å². The summed E-state index contributed by atoms with van der Waals surface area (Å²) in [6.07, 6.45) is 7.31. The quantitative estimate of drug-likeness (QED) is 0.0464. The molecule has 1 atom stereocenters. The molecule has 6 rings (SSSR count). The molecule has 430 valence electrons. The first-order valence-electron chi connectivity index (χ1n) is 26.5. The SMILES string of the molecule is CC(C)N(C(C)C)P(OCCC#N)OC12CC(C(=O)NC(CCC(=O)NCCOCCOCc3cn(C)nn3)(CCC(=O)NCCOCCOCc3cn(C)nn3)CCC(=O)NCCOCCOCc3cn(C)nn3)(C1)C2. The third-order valence-electron chi connectivity index (χ3n) is 12.8. The number of amides is 4. The molecule has 3 saturated carbocycles. The van der Waals surface area contributed by atoms with E-state index in [1.54, 1.807) is 53.8 Å². The summed E-state index contributed by atoms with van der Waals surface area (Å²) in [4.78, 5) is 55.2. The number of nitrogens with zero attached hydrogens (tertiary/aromatic N) is 11. The highest BCUT2D eigenvalue weighted by Crippen LogP contribution is 2.73. The van der Waals surface area contributed by atoms with Crippen LogP contribution in [0.3, 0.4) is 0 Å². The van der Waals surface area contributed by atoms with Gasteiger partial charge in [-0.15, -0.1) is 15.3 Å². The van der Waals surface area contributed by atoms with Crippen LogP contribution >= 0.6 is 8.53 Å². The van der Waals surface area contributed by atoms with Gasteiger partial charge in [-0.25, -0.2) is 4.67 Å². The minimum atomic E-state index is -1.53. The van der Waals surface area contributed by atoms with Crippen LogP contribution < -0.4 is 21.3 Å². The molecular weight excluding hydrogens is 1020 g/mol. The Morgan fingerprint density at radius 3 is 1.34 bits per heavy atom. The second-order valence-corrected chi connectivity index (χ2v) is 21.4. The maximum Gasteiger partial charge on any atom is 0.259 e. The fraction of sp³-hybridized carbons (Fsp3) is 0.776. The lowest BCUT2D eigenvalue weighted by atomic mass is 9.41. The maximum atomic E-state index is 14.7. The van der Waals surface area contributed by atoms with Gasteiger partial charge in [0.2, 0.25) is 23.6 Å². The maximum absolute atomic E-state index is 14.7. The van der Waals surface area contributed by atoms with Crippen molar-refractivity contribution in [2.45, 2.75) is 135 Å². The molecule has 0 radical (unpaired) electrons. The fourth-order valence-corrected chi connectivity index (χ4v) is 10.9. The van der Waals surface area contributed by atoms with Crippen LogP contribution in [0.25, 0.3) is 0 Å². The van der Waals surface area contributed by atoms with Gasteiger partial charge in [0.1, 0.15) is 17.1 Å². The molecule has 0 aliphatic heterocycles. The van der Waals surface area contributed by atoms with Gasteiger partial charge in [-0.05, 0) is 66.2 Å². The van der Waals surface area contributed by atoms with E-state index in [1.807, 2.05) is 0 Å². The van der Waals surface area contributed by atoms with Gasteiger partial charge in [0.05, 0.1) is 128 Å². The minimum absolute atomic E-state index is 0.00509. The molecule has 3 aromatic rings. The Hall–Kier alpha value is -5.14. The van der Waals surface area contributed by atoms with Crippen LogP contribution in [0.5, 0.6) is 0 Å². The van der Waals surface area contributed by atoms with Gasteiger partial charge in [-0.1, -0.05) is 15.6 Å². The zero-order valence-corrected chi connectivity index (χ0v) is 46.9. The highest BCUT2D eigenvalue weighted by Gasteiger charge is 2.74. The summed E-state index contributed by atoms with van der Waals surface area (Å²) in [5.41, 5.74) is -0.340. The summed E-state index contributed by atoms with van der Waals surface area (Å²) >= 11 is 0. The molecule has 4 amide bonds. The Morgan fingerprint density at radius 2 is 1.00 bits per heavy atom. The molecule has 77 heavy (non-hydrogen) atoms. The Labute approximate surface area is 452 Å². The molecule has 3 aromatic heterocycles. The van der Waals surface area contributed by atoms with Crippen LogP contribution in [0, 0.1) is 16.7 Å². The van der Waals surface area contributed by atoms with Gasteiger partial charge in [-0.3, -0.25) is 33.2 Å².